The Labute approximate surface area is 118 Å². The van der Waals surface area contributed by atoms with E-state index in [1.54, 1.807) is 7.11 Å². The summed E-state index contributed by atoms with van der Waals surface area (Å²) in [6.45, 7) is 2.06. The van der Waals surface area contributed by atoms with Gasteiger partial charge < -0.3 is 14.6 Å². The summed E-state index contributed by atoms with van der Waals surface area (Å²) < 4.78 is 11.2. The van der Waals surface area contributed by atoms with E-state index in [4.69, 9.17) is 9.47 Å². The second-order valence-electron chi connectivity index (χ2n) is 5.18. The van der Waals surface area contributed by atoms with Crippen LogP contribution in [0.2, 0.25) is 0 Å². The van der Waals surface area contributed by atoms with Gasteiger partial charge in [-0.2, -0.15) is 0 Å². The van der Waals surface area contributed by atoms with Crippen LogP contribution in [0.4, 0.5) is 0 Å². The highest BCUT2D eigenvalue weighted by Gasteiger charge is 2.28. The van der Waals surface area contributed by atoms with Crippen molar-refractivity contribution in [3.8, 4) is 11.5 Å². The van der Waals surface area contributed by atoms with Crippen LogP contribution in [0.1, 0.15) is 35.3 Å². The van der Waals surface area contributed by atoms with Gasteiger partial charge in [-0.1, -0.05) is 29.8 Å². The molecule has 2 aromatic rings. The van der Waals surface area contributed by atoms with E-state index in [1.165, 1.54) is 5.56 Å². The highest BCUT2D eigenvalue weighted by molar-refractivity contribution is 5.44. The third-order valence-corrected chi connectivity index (χ3v) is 3.70. The molecule has 3 rings (SSSR count). The van der Waals surface area contributed by atoms with Crippen LogP contribution in [0.15, 0.2) is 42.5 Å². The Kier molecular flexibility index (Phi) is 3.36. The Morgan fingerprint density at radius 1 is 1.20 bits per heavy atom. The van der Waals surface area contributed by atoms with Crippen molar-refractivity contribution in [1.82, 2.24) is 0 Å². The number of aliphatic hydroxyl groups excluding tert-OH is 1. The van der Waals surface area contributed by atoms with Crippen LogP contribution in [0, 0.1) is 6.92 Å². The predicted molar refractivity (Wildman–Crippen MR) is 77.1 cm³/mol. The Morgan fingerprint density at radius 2 is 2.05 bits per heavy atom. The van der Waals surface area contributed by atoms with Crippen molar-refractivity contribution in [1.29, 1.82) is 0 Å². The van der Waals surface area contributed by atoms with E-state index in [1.807, 2.05) is 30.3 Å². The van der Waals surface area contributed by atoms with Gasteiger partial charge in [0.25, 0.3) is 0 Å². The summed E-state index contributed by atoms with van der Waals surface area (Å²) >= 11 is 0. The van der Waals surface area contributed by atoms with Gasteiger partial charge >= 0.3 is 0 Å². The average molecular weight is 270 g/mol. The number of fused-ring (bicyclic) bond motifs is 1. The fourth-order valence-electron chi connectivity index (χ4n) is 2.63. The third kappa shape index (κ3) is 2.37. The maximum Gasteiger partial charge on any atom is 0.127 e. The number of aryl methyl sites for hydroxylation is 1. The van der Waals surface area contributed by atoms with E-state index >= 15 is 0 Å². The van der Waals surface area contributed by atoms with Crippen LogP contribution in [-0.2, 0) is 0 Å². The lowest BCUT2D eigenvalue weighted by atomic mass is 9.94. The quantitative estimate of drug-likeness (QED) is 0.906. The van der Waals surface area contributed by atoms with E-state index in [-0.39, 0.29) is 6.10 Å². The molecule has 3 heteroatoms. The van der Waals surface area contributed by atoms with Crippen LogP contribution in [0.5, 0.6) is 11.5 Å². The van der Waals surface area contributed by atoms with Gasteiger partial charge in [0.15, 0.2) is 0 Å². The minimum Gasteiger partial charge on any atom is -0.497 e. The number of ether oxygens (including phenoxy) is 2. The molecule has 0 aliphatic carbocycles. The monoisotopic (exact) mass is 270 g/mol. The molecule has 1 aliphatic heterocycles. The lowest BCUT2D eigenvalue weighted by Crippen LogP contribution is -2.19. The molecule has 104 valence electrons. The molecular weight excluding hydrogens is 252 g/mol. The Bertz CT molecular complexity index is 621. The highest BCUT2D eigenvalue weighted by atomic mass is 16.5. The van der Waals surface area contributed by atoms with Crippen LogP contribution in [-0.4, -0.2) is 12.2 Å². The van der Waals surface area contributed by atoms with Gasteiger partial charge in [-0.15, -0.1) is 0 Å². The summed E-state index contributed by atoms with van der Waals surface area (Å²) in [5.74, 6) is 1.47. The fraction of sp³-hybridized carbons (Fsp3) is 0.294. The van der Waals surface area contributed by atoms with Gasteiger partial charge in [-0.3, -0.25) is 0 Å². The molecule has 0 radical (unpaired) electrons. The molecule has 2 aromatic carbocycles. The molecule has 0 fully saturated rings. The average Bonchev–Trinajstić information content (AvgIpc) is 2.47. The molecule has 0 aromatic heterocycles. The molecule has 1 heterocycles. The van der Waals surface area contributed by atoms with Gasteiger partial charge in [-0.25, -0.2) is 0 Å². The van der Waals surface area contributed by atoms with Crippen molar-refractivity contribution in [3.63, 3.8) is 0 Å². The molecule has 0 amide bonds. The molecule has 1 aliphatic rings. The number of hydrogen-bond acceptors (Lipinski definition) is 3. The van der Waals surface area contributed by atoms with Crippen LogP contribution < -0.4 is 9.47 Å². The maximum absolute atomic E-state index is 10.3. The van der Waals surface area contributed by atoms with Crippen molar-refractivity contribution >= 4 is 0 Å². The first kappa shape index (κ1) is 13.0. The number of methoxy groups -OCH3 is 1. The Morgan fingerprint density at radius 3 is 2.80 bits per heavy atom. The summed E-state index contributed by atoms with van der Waals surface area (Å²) in [6.07, 6.45) is -0.0750. The Balaban J connectivity index is 1.93. The van der Waals surface area contributed by atoms with Crippen molar-refractivity contribution < 1.29 is 14.6 Å². The summed E-state index contributed by atoms with van der Waals surface area (Å²) in [7, 11) is 1.62. The molecule has 1 unspecified atom stereocenters. The Hall–Kier alpha value is -2.00. The summed E-state index contributed by atoms with van der Waals surface area (Å²) in [5.41, 5.74) is 3.10. The van der Waals surface area contributed by atoms with Crippen molar-refractivity contribution in [3.05, 3.63) is 59.2 Å². The third-order valence-electron chi connectivity index (χ3n) is 3.70. The van der Waals surface area contributed by atoms with Crippen molar-refractivity contribution in [2.75, 3.05) is 7.11 Å². The van der Waals surface area contributed by atoms with Crippen LogP contribution in [0.3, 0.4) is 0 Å². The number of hydrogen-bond donors (Lipinski definition) is 1. The minimum atomic E-state index is -0.528. The number of aliphatic hydroxyl groups is 1. The SMILES string of the molecule is COc1ccc2c(c1)[C@@H](O)CC(c1cccc(C)c1)O2. The second-order valence-corrected chi connectivity index (χ2v) is 5.18. The molecule has 0 bridgehead atoms. The lowest BCUT2D eigenvalue weighted by molar-refractivity contribution is 0.0654. The number of benzene rings is 2. The molecule has 0 spiro atoms. The molecule has 2 atom stereocenters. The zero-order valence-electron chi connectivity index (χ0n) is 11.7. The molecule has 0 saturated carbocycles. The normalized spacial score (nSPS) is 20.9. The van der Waals surface area contributed by atoms with Gasteiger partial charge in [0.1, 0.15) is 17.6 Å². The van der Waals surface area contributed by atoms with Crippen LogP contribution >= 0.6 is 0 Å². The van der Waals surface area contributed by atoms with Crippen molar-refractivity contribution in [2.45, 2.75) is 25.6 Å². The van der Waals surface area contributed by atoms with Gasteiger partial charge in [-0.05, 0) is 30.7 Å². The molecule has 20 heavy (non-hydrogen) atoms. The van der Waals surface area contributed by atoms with E-state index < -0.39 is 6.10 Å². The van der Waals surface area contributed by atoms with Gasteiger partial charge in [0, 0.05) is 12.0 Å². The summed E-state index contributed by atoms with van der Waals surface area (Å²) in [5, 5.41) is 10.3. The lowest BCUT2D eigenvalue weighted by Gasteiger charge is -2.30. The zero-order valence-corrected chi connectivity index (χ0v) is 11.7. The predicted octanol–water partition coefficient (Wildman–Crippen LogP) is 3.56. The minimum absolute atomic E-state index is 0.106. The number of rotatable bonds is 2. The summed E-state index contributed by atoms with van der Waals surface area (Å²) in [4.78, 5) is 0. The fourth-order valence-corrected chi connectivity index (χ4v) is 2.63. The molecule has 3 nitrogen and oxygen atoms in total. The summed E-state index contributed by atoms with van der Waals surface area (Å²) in [6, 6.07) is 13.8. The first-order chi connectivity index (χ1) is 9.67. The first-order valence-corrected chi connectivity index (χ1v) is 6.76. The molecule has 1 N–H and O–H groups in total. The highest BCUT2D eigenvalue weighted by Crippen LogP contribution is 2.42. The van der Waals surface area contributed by atoms with Crippen LogP contribution in [0.25, 0.3) is 0 Å². The molecule has 0 saturated heterocycles. The standard InChI is InChI=1S/C17H18O3/c1-11-4-3-5-12(8-11)17-10-15(18)14-9-13(19-2)6-7-16(14)20-17/h3-9,15,17-18H,10H2,1-2H3/t15-,17?/m0/s1. The van der Waals surface area contributed by atoms with Crippen molar-refractivity contribution in [2.24, 2.45) is 0 Å². The maximum atomic E-state index is 10.3. The zero-order chi connectivity index (χ0) is 14.1. The largest absolute Gasteiger partial charge is 0.497 e. The van der Waals surface area contributed by atoms with E-state index in [0.29, 0.717) is 6.42 Å². The first-order valence-electron chi connectivity index (χ1n) is 6.76. The smallest absolute Gasteiger partial charge is 0.127 e. The van der Waals surface area contributed by atoms with Gasteiger partial charge in [0.2, 0.25) is 0 Å². The topological polar surface area (TPSA) is 38.7 Å². The van der Waals surface area contributed by atoms with Gasteiger partial charge in [0.05, 0.1) is 13.2 Å². The second kappa shape index (κ2) is 5.17. The van der Waals surface area contributed by atoms with E-state index in [9.17, 15) is 5.11 Å². The molecular formula is C17H18O3. The van der Waals surface area contributed by atoms with E-state index in [0.717, 1.165) is 22.6 Å². The van der Waals surface area contributed by atoms with E-state index in [2.05, 4.69) is 19.1 Å².